The van der Waals surface area contributed by atoms with Gasteiger partial charge in [-0.2, -0.15) is 0 Å². The van der Waals surface area contributed by atoms with Crippen LogP contribution < -0.4 is 5.32 Å². The van der Waals surface area contributed by atoms with Gasteiger partial charge in [-0.25, -0.2) is 8.78 Å². The quantitative estimate of drug-likeness (QED) is 0.772. The van der Waals surface area contributed by atoms with Crippen molar-refractivity contribution in [2.45, 2.75) is 32.7 Å². The van der Waals surface area contributed by atoms with E-state index in [0.29, 0.717) is 11.5 Å². The van der Waals surface area contributed by atoms with Gasteiger partial charge in [0.05, 0.1) is 0 Å². The average Bonchev–Trinajstić information content (AvgIpc) is 2.15. The Labute approximate surface area is 94.9 Å². The van der Waals surface area contributed by atoms with Crippen LogP contribution in [0, 0.1) is 17.6 Å². The maximum Gasteiger partial charge on any atom is 0.129 e. The molecule has 0 radical (unpaired) electrons. The van der Waals surface area contributed by atoms with Gasteiger partial charge < -0.3 is 5.32 Å². The minimum atomic E-state index is -0.488. The molecule has 1 nitrogen and oxygen atoms in total. The number of rotatable bonds is 1. The van der Waals surface area contributed by atoms with Gasteiger partial charge in [0.25, 0.3) is 0 Å². The predicted molar refractivity (Wildman–Crippen MR) is 60.4 cm³/mol. The zero-order chi connectivity index (χ0) is 11.9. The summed E-state index contributed by atoms with van der Waals surface area (Å²) in [6, 6.07) is 2.50. The van der Waals surface area contributed by atoms with E-state index in [1.165, 1.54) is 6.07 Å². The van der Waals surface area contributed by atoms with Gasteiger partial charge in [0.1, 0.15) is 11.6 Å². The summed E-state index contributed by atoms with van der Waals surface area (Å²) in [5.41, 5.74) is 1.46. The molecule has 0 bridgehead atoms. The fraction of sp³-hybridized carbons (Fsp3) is 0.538. The topological polar surface area (TPSA) is 12.0 Å². The van der Waals surface area contributed by atoms with Crippen molar-refractivity contribution in [2.75, 3.05) is 6.54 Å². The number of hydrogen-bond donors (Lipinski definition) is 1. The summed E-state index contributed by atoms with van der Waals surface area (Å²) in [5, 5.41) is 3.35. The molecule has 1 heterocycles. The molecule has 2 unspecified atom stereocenters. The maximum absolute atomic E-state index is 13.8. The third-order valence-corrected chi connectivity index (χ3v) is 3.26. The highest BCUT2D eigenvalue weighted by Gasteiger charge is 2.29. The van der Waals surface area contributed by atoms with E-state index in [1.54, 1.807) is 0 Å². The van der Waals surface area contributed by atoms with E-state index in [2.05, 4.69) is 19.2 Å². The van der Waals surface area contributed by atoms with E-state index < -0.39 is 11.6 Å². The van der Waals surface area contributed by atoms with E-state index in [4.69, 9.17) is 0 Å². The van der Waals surface area contributed by atoms with E-state index >= 15 is 0 Å². The molecule has 1 aromatic rings. The highest BCUT2D eigenvalue weighted by atomic mass is 19.1. The molecule has 0 saturated carbocycles. The Kier molecular flexibility index (Phi) is 2.98. The van der Waals surface area contributed by atoms with Crippen molar-refractivity contribution in [2.24, 2.45) is 5.92 Å². The lowest BCUT2D eigenvalue weighted by atomic mass is 9.83. The summed E-state index contributed by atoms with van der Waals surface area (Å²) in [6.45, 7) is 6.82. The van der Waals surface area contributed by atoms with E-state index in [-0.39, 0.29) is 12.0 Å². The minimum absolute atomic E-state index is 0.0522. The second kappa shape index (κ2) is 4.13. The summed E-state index contributed by atoms with van der Waals surface area (Å²) < 4.78 is 27.0. The monoisotopic (exact) mass is 225 g/mol. The van der Waals surface area contributed by atoms with Crippen molar-refractivity contribution in [3.8, 4) is 0 Å². The molecular weight excluding hydrogens is 208 g/mol. The first-order chi connectivity index (χ1) is 7.50. The van der Waals surface area contributed by atoms with Crippen molar-refractivity contribution >= 4 is 0 Å². The Morgan fingerprint density at radius 2 is 2.00 bits per heavy atom. The molecular formula is C13H17F2N. The number of halogens is 2. The van der Waals surface area contributed by atoms with Crippen molar-refractivity contribution < 1.29 is 8.78 Å². The zero-order valence-corrected chi connectivity index (χ0v) is 9.85. The molecule has 0 amide bonds. The van der Waals surface area contributed by atoms with E-state index in [1.807, 2.05) is 6.92 Å². The highest BCUT2D eigenvalue weighted by Crippen LogP contribution is 2.35. The fourth-order valence-electron chi connectivity index (χ4n) is 2.49. The molecule has 0 spiro atoms. The lowest BCUT2D eigenvalue weighted by Gasteiger charge is -2.33. The van der Waals surface area contributed by atoms with Crippen LogP contribution in [-0.2, 0) is 0 Å². The molecule has 16 heavy (non-hydrogen) atoms. The van der Waals surface area contributed by atoms with Gasteiger partial charge in [-0.3, -0.25) is 0 Å². The Hall–Kier alpha value is -0.960. The molecule has 2 atom stereocenters. The van der Waals surface area contributed by atoms with Crippen molar-refractivity contribution in [3.05, 3.63) is 34.9 Å². The SMILES string of the molecule is CC1CNC(C(C)C)c2cc(F)cc(F)c21. The van der Waals surface area contributed by atoms with Crippen LogP contribution in [-0.4, -0.2) is 6.54 Å². The van der Waals surface area contributed by atoms with Crippen LogP contribution in [0.15, 0.2) is 12.1 Å². The first kappa shape index (κ1) is 11.5. The number of hydrogen-bond acceptors (Lipinski definition) is 1. The Bertz CT molecular complexity index is 401. The molecule has 2 rings (SSSR count). The standard InChI is InChI=1S/C13H17F2N/c1-7(2)13-10-4-9(14)5-11(15)12(10)8(3)6-16-13/h4-5,7-8,13,16H,6H2,1-3H3. The third kappa shape index (κ3) is 1.84. The predicted octanol–water partition coefficient (Wildman–Crippen LogP) is 3.37. The Morgan fingerprint density at radius 1 is 1.31 bits per heavy atom. The van der Waals surface area contributed by atoms with Gasteiger partial charge in [0, 0.05) is 18.7 Å². The van der Waals surface area contributed by atoms with Gasteiger partial charge in [-0.05, 0) is 29.0 Å². The zero-order valence-electron chi connectivity index (χ0n) is 9.85. The normalized spacial score (nSPS) is 24.6. The number of benzene rings is 1. The van der Waals surface area contributed by atoms with Gasteiger partial charge >= 0.3 is 0 Å². The molecule has 0 aromatic heterocycles. The summed E-state index contributed by atoms with van der Waals surface area (Å²) in [6.07, 6.45) is 0. The van der Waals surface area contributed by atoms with Gasteiger partial charge in [-0.1, -0.05) is 20.8 Å². The summed E-state index contributed by atoms with van der Waals surface area (Å²) in [7, 11) is 0. The Balaban J connectivity index is 2.56. The highest BCUT2D eigenvalue weighted by molar-refractivity contribution is 5.37. The van der Waals surface area contributed by atoms with Crippen LogP contribution in [0.5, 0.6) is 0 Å². The molecule has 0 saturated heterocycles. The molecule has 1 aromatic carbocycles. The largest absolute Gasteiger partial charge is 0.309 e. The van der Waals surface area contributed by atoms with Crippen molar-refractivity contribution in [1.82, 2.24) is 5.32 Å². The minimum Gasteiger partial charge on any atom is -0.309 e. The summed E-state index contributed by atoms with van der Waals surface area (Å²) >= 11 is 0. The molecule has 1 aliphatic rings. The van der Waals surface area contributed by atoms with Crippen LogP contribution in [0.25, 0.3) is 0 Å². The molecule has 0 fully saturated rings. The summed E-state index contributed by atoms with van der Waals surface area (Å²) in [4.78, 5) is 0. The van der Waals surface area contributed by atoms with Gasteiger partial charge in [0.15, 0.2) is 0 Å². The van der Waals surface area contributed by atoms with Crippen LogP contribution in [0.3, 0.4) is 0 Å². The maximum atomic E-state index is 13.8. The number of fused-ring (bicyclic) bond motifs is 1. The lowest BCUT2D eigenvalue weighted by Crippen LogP contribution is -2.35. The molecule has 88 valence electrons. The third-order valence-electron chi connectivity index (χ3n) is 3.26. The average molecular weight is 225 g/mol. The molecule has 1 aliphatic heterocycles. The van der Waals surface area contributed by atoms with Crippen LogP contribution >= 0.6 is 0 Å². The van der Waals surface area contributed by atoms with E-state index in [0.717, 1.165) is 18.2 Å². The first-order valence-electron chi connectivity index (χ1n) is 5.73. The second-order valence-corrected chi connectivity index (χ2v) is 4.92. The molecule has 3 heteroatoms. The van der Waals surface area contributed by atoms with Crippen LogP contribution in [0.2, 0.25) is 0 Å². The second-order valence-electron chi connectivity index (χ2n) is 4.92. The molecule has 0 aliphatic carbocycles. The molecule has 1 N–H and O–H groups in total. The van der Waals surface area contributed by atoms with E-state index in [9.17, 15) is 8.78 Å². The van der Waals surface area contributed by atoms with Crippen molar-refractivity contribution in [3.63, 3.8) is 0 Å². The van der Waals surface area contributed by atoms with Crippen LogP contribution in [0.1, 0.15) is 43.9 Å². The van der Waals surface area contributed by atoms with Gasteiger partial charge in [0.2, 0.25) is 0 Å². The summed E-state index contributed by atoms with van der Waals surface area (Å²) in [5.74, 6) is -0.467. The smallest absolute Gasteiger partial charge is 0.129 e. The fourth-order valence-corrected chi connectivity index (χ4v) is 2.49. The van der Waals surface area contributed by atoms with Crippen molar-refractivity contribution in [1.29, 1.82) is 0 Å². The first-order valence-corrected chi connectivity index (χ1v) is 5.73. The van der Waals surface area contributed by atoms with Gasteiger partial charge in [-0.15, -0.1) is 0 Å². The lowest BCUT2D eigenvalue weighted by molar-refractivity contribution is 0.366. The number of nitrogens with one attached hydrogen (secondary N) is 1. The Morgan fingerprint density at radius 3 is 2.62 bits per heavy atom. The van der Waals surface area contributed by atoms with Crippen LogP contribution in [0.4, 0.5) is 8.78 Å².